The Hall–Kier alpha value is -0.730. The molecule has 16 heavy (non-hydrogen) atoms. The summed E-state index contributed by atoms with van der Waals surface area (Å²) in [7, 11) is 0. The smallest absolute Gasteiger partial charge is 0.320 e. The van der Waals surface area contributed by atoms with Crippen molar-refractivity contribution in [3.8, 4) is 0 Å². The highest BCUT2D eigenvalue weighted by atomic mass is 16.2. The quantitative estimate of drug-likeness (QED) is 0.704. The van der Waals surface area contributed by atoms with Crippen molar-refractivity contribution in [1.82, 2.24) is 9.80 Å². The highest BCUT2D eigenvalue weighted by Gasteiger charge is 2.38. The number of rotatable bonds is 2. The van der Waals surface area contributed by atoms with Crippen molar-refractivity contribution in [3.63, 3.8) is 0 Å². The third kappa shape index (κ3) is 1.70. The Morgan fingerprint density at radius 2 is 1.12 bits per heavy atom. The Bertz CT molecular complexity index is 241. The Morgan fingerprint density at radius 3 is 1.50 bits per heavy atom. The molecule has 3 aliphatic rings. The van der Waals surface area contributed by atoms with E-state index in [1.165, 1.54) is 51.4 Å². The van der Waals surface area contributed by atoms with Crippen molar-refractivity contribution in [2.75, 3.05) is 13.1 Å². The van der Waals surface area contributed by atoms with Crippen LogP contribution in [0.4, 0.5) is 4.79 Å². The van der Waals surface area contributed by atoms with Gasteiger partial charge in [0.1, 0.15) is 0 Å². The van der Waals surface area contributed by atoms with Crippen molar-refractivity contribution >= 4 is 6.03 Å². The molecular weight excluding hydrogens is 200 g/mol. The van der Waals surface area contributed by atoms with Crippen molar-refractivity contribution in [1.29, 1.82) is 0 Å². The molecule has 2 aliphatic carbocycles. The highest BCUT2D eigenvalue weighted by molar-refractivity contribution is 5.77. The SMILES string of the molecule is O=C1N(C2CCCC2)CCN1C1CCCC1. The maximum atomic E-state index is 12.3. The van der Waals surface area contributed by atoms with Gasteiger partial charge in [-0.25, -0.2) is 4.79 Å². The van der Waals surface area contributed by atoms with Crippen molar-refractivity contribution in [3.05, 3.63) is 0 Å². The second kappa shape index (κ2) is 4.27. The van der Waals surface area contributed by atoms with Crippen LogP contribution in [-0.2, 0) is 0 Å². The monoisotopic (exact) mass is 222 g/mol. The van der Waals surface area contributed by atoms with E-state index >= 15 is 0 Å². The van der Waals surface area contributed by atoms with Gasteiger partial charge in [0.05, 0.1) is 0 Å². The van der Waals surface area contributed by atoms with Crippen LogP contribution < -0.4 is 0 Å². The summed E-state index contributed by atoms with van der Waals surface area (Å²) in [6.45, 7) is 1.97. The number of carbonyl (C=O) groups is 1. The molecule has 2 amide bonds. The third-order valence-electron chi connectivity index (χ3n) is 4.60. The number of hydrogen-bond acceptors (Lipinski definition) is 1. The van der Waals surface area contributed by atoms with Crippen LogP contribution in [0.25, 0.3) is 0 Å². The lowest BCUT2D eigenvalue weighted by molar-refractivity contribution is 0.166. The summed E-state index contributed by atoms with van der Waals surface area (Å²) in [6, 6.07) is 1.48. The van der Waals surface area contributed by atoms with Crippen molar-refractivity contribution < 1.29 is 4.79 Å². The molecular formula is C13H22N2O. The first-order chi connectivity index (χ1) is 7.86. The van der Waals surface area contributed by atoms with Gasteiger partial charge in [0.2, 0.25) is 0 Å². The molecule has 1 heterocycles. The molecule has 3 heteroatoms. The summed E-state index contributed by atoms with van der Waals surface area (Å²) in [5.74, 6) is 0. The number of nitrogens with zero attached hydrogens (tertiary/aromatic N) is 2. The lowest BCUT2D eigenvalue weighted by Crippen LogP contribution is -2.41. The predicted molar refractivity (Wildman–Crippen MR) is 63.3 cm³/mol. The molecule has 0 bridgehead atoms. The van der Waals surface area contributed by atoms with Crippen LogP contribution in [0.1, 0.15) is 51.4 Å². The minimum Gasteiger partial charge on any atom is -0.320 e. The van der Waals surface area contributed by atoms with E-state index in [1.54, 1.807) is 0 Å². The number of amides is 2. The van der Waals surface area contributed by atoms with Crippen LogP contribution >= 0.6 is 0 Å². The standard InChI is InChI=1S/C13H22N2O/c16-13-14(11-5-1-2-6-11)9-10-15(13)12-7-3-4-8-12/h11-12H,1-10H2. The first-order valence-electron chi connectivity index (χ1n) is 6.93. The van der Waals surface area contributed by atoms with Crippen LogP contribution in [0.2, 0.25) is 0 Å². The minimum atomic E-state index is 0.346. The zero-order valence-electron chi connectivity index (χ0n) is 10.0. The van der Waals surface area contributed by atoms with Gasteiger partial charge in [-0.3, -0.25) is 0 Å². The van der Waals surface area contributed by atoms with E-state index in [0.29, 0.717) is 18.1 Å². The van der Waals surface area contributed by atoms with E-state index in [-0.39, 0.29) is 0 Å². The van der Waals surface area contributed by atoms with Crippen molar-refractivity contribution in [2.24, 2.45) is 0 Å². The van der Waals surface area contributed by atoms with Gasteiger partial charge in [0, 0.05) is 25.2 Å². The summed E-state index contributed by atoms with van der Waals surface area (Å²) in [5.41, 5.74) is 0. The first-order valence-corrected chi connectivity index (χ1v) is 6.93. The van der Waals surface area contributed by atoms with Gasteiger partial charge < -0.3 is 9.80 Å². The molecule has 1 aliphatic heterocycles. The molecule has 0 aromatic rings. The van der Waals surface area contributed by atoms with Crippen LogP contribution in [0, 0.1) is 0 Å². The normalized spacial score (nSPS) is 28.6. The summed E-state index contributed by atoms with van der Waals surface area (Å²) in [6.07, 6.45) is 10.2. The molecule has 3 fully saturated rings. The fraction of sp³-hybridized carbons (Fsp3) is 0.923. The first kappa shape index (κ1) is 10.4. The molecule has 3 nitrogen and oxygen atoms in total. The van der Waals surface area contributed by atoms with E-state index < -0.39 is 0 Å². The van der Waals surface area contributed by atoms with Gasteiger partial charge in [-0.2, -0.15) is 0 Å². The summed E-state index contributed by atoms with van der Waals surface area (Å²) in [4.78, 5) is 16.6. The second-order valence-corrected chi connectivity index (χ2v) is 5.55. The Balaban J connectivity index is 1.64. The molecule has 0 aromatic heterocycles. The van der Waals surface area contributed by atoms with Crippen LogP contribution in [0.5, 0.6) is 0 Å². The predicted octanol–water partition coefficient (Wildman–Crippen LogP) is 2.61. The minimum absolute atomic E-state index is 0.346. The average Bonchev–Trinajstić information content (AvgIpc) is 2.96. The summed E-state index contributed by atoms with van der Waals surface area (Å²) in [5, 5.41) is 0. The maximum Gasteiger partial charge on any atom is 0.320 e. The van der Waals surface area contributed by atoms with E-state index in [9.17, 15) is 4.79 Å². The van der Waals surface area contributed by atoms with Gasteiger partial charge in [0.25, 0.3) is 0 Å². The van der Waals surface area contributed by atoms with Gasteiger partial charge >= 0.3 is 6.03 Å². The lowest BCUT2D eigenvalue weighted by atomic mass is 10.2. The van der Waals surface area contributed by atoms with Gasteiger partial charge in [-0.05, 0) is 25.7 Å². The lowest BCUT2D eigenvalue weighted by Gasteiger charge is -2.27. The van der Waals surface area contributed by atoms with Crippen LogP contribution in [0.3, 0.4) is 0 Å². The summed E-state index contributed by atoms with van der Waals surface area (Å²) >= 11 is 0. The number of carbonyl (C=O) groups excluding carboxylic acids is 1. The Morgan fingerprint density at radius 1 is 0.750 bits per heavy atom. The zero-order valence-corrected chi connectivity index (χ0v) is 10.0. The number of hydrogen-bond donors (Lipinski definition) is 0. The molecule has 3 rings (SSSR count). The van der Waals surface area contributed by atoms with Gasteiger partial charge in [-0.1, -0.05) is 25.7 Å². The largest absolute Gasteiger partial charge is 0.320 e. The molecule has 0 atom stereocenters. The van der Waals surface area contributed by atoms with E-state index in [0.717, 1.165) is 13.1 Å². The van der Waals surface area contributed by atoms with Crippen molar-refractivity contribution in [2.45, 2.75) is 63.5 Å². The molecule has 0 aromatic carbocycles. The van der Waals surface area contributed by atoms with E-state index in [1.807, 2.05) is 0 Å². The average molecular weight is 222 g/mol. The Labute approximate surface area is 97.8 Å². The van der Waals surface area contributed by atoms with E-state index in [4.69, 9.17) is 0 Å². The molecule has 0 spiro atoms. The topological polar surface area (TPSA) is 23.6 Å². The zero-order chi connectivity index (χ0) is 11.0. The van der Waals surface area contributed by atoms with Crippen LogP contribution in [0.15, 0.2) is 0 Å². The second-order valence-electron chi connectivity index (χ2n) is 5.55. The fourth-order valence-corrected chi connectivity index (χ4v) is 3.68. The fourth-order valence-electron chi connectivity index (χ4n) is 3.68. The highest BCUT2D eigenvalue weighted by Crippen LogP contribution is 2.30. The van der Waals surface area contributed by atoms with Gasteiger partial charge in [-0.15, -0.1) is 0 Å². The molecule has 1 saturated heterocycles. The molecule has 0 unspecified atom stereocenters. The summed E-state index contributed by atoms with van der Waals surface area (Å²) < 4.78 is 0. The van der Waals surface area contributed by atoms with E-state index in [2.05, 4.69) is 9.80 Å². The molecule has 0 N–H and O–H groups in total. The maximum absolute atomic E-state index is 12.3. The van der Waals surface area contributed by atoms with Crippen LogP contribution in [-0.4, -0.2) is 41.0 Å². The molecule has 0 radical (unpaired) electrons. The number of urea groups is 1. The van der Waals surface area contributed by atoms with Gasteiger partial charge in [0.15, 0.2) is 0 Å². The Kier molecular flexibility index (Phi) is 2.78. The third-order valence-corrected chi connectivity index (χ3v) is 4.60. The molecule has 2 saturated carbocycles. The molecule has 90 valence electrons.